The number of Topliss-reactive ketones (excluding diaryl/α,β-unsaturated/α-hetero) is 1. The maximum Gasteiger partial charge on any atom is 0.261 e. The first kappa shape index (κ1) is 29.1. The summed E-state index contributed by atoms with van der Waals surface area (Å²) in [5.74, 6) is 1.17. The van der Waals surface area contributed by atoms with Crippen molar-refractivity contribution < 1.29 is 14.3 Å². The Bertz CT molecular complexity index is 1170. The summed E-state index contributed by atoms with van der Waals surface area (Å²) >= 11 is 0. The van der Waals surface area contributed by atoms with E-state index >= 15 is 0 Å². The molecule has 0 atom stereocenters. The largest absolute Gasteiger partial charge is 0.492 e. The molecule has 4 N–H and O–H groups in total. The lowest BCUT2D eigenvalue weighted by Gasteiger charge is -2.24. The molecule has 0 spiro atoms. The number of ether oxygens (including phenoxy) is 2. The molecule has 1 aliphatic carbocycles. The molecule has 0 unspecified atom stereocenters. The molecular formula is C33H44N2O3. The van der Waals surface area contributed by atoms with Crippen LogP contribution in [0.2, 0.25) is 0 Å². The predicted octanol–water partition coefficient (Wildman–Crippen LogP) is 7.79. The molecule has 0 fully saturated rings. The van der Waals surface area contributed by atoms with Crippen molar-refractivity contribution in [3.05, 3.63) is 86.9 Å². The van der Waals surface area contributed by atoms with E-state index in [0.717, 1.165) is 55.9 Å². The molecule has 38 heavy (non-hydrogen) atoms. The van der Waals surface area contributed by atoms with Gasteiger partial charge in [-0.25, -0.2) is 0 Å². The number of carbonyl (C=O) groups is 1. The van der Waals surface area contributed by atoms with Crippen molar-refractivity contribution in [1.29, 1.82) is 0 Å². The van der Waals surface area contributed by atoms with Crippen molar-refractivity contribution in [2.45, 2.75) is 79.1 Å². The zero-order valence-electron chi connectivity index (χ0n) is 24.7. The molecule has 1 aliphatic rings. The Morgan fingerprint density at radius 1 is 0.605 bits per heavy atom. The van der Waals surface area contributed by atoms with Gasteiger partial charge in [-0.2, -0.15) is 0 Å². The van der Waals surface area contributed by atoms with E-state index in [1.165, 1.54) is 14.2 Å². The fraction of sp³-hybridized carbons (Fsp3) is 0.424. The first-order valence-corrected chi connectivity index (χ1v) is 13.5. The molecule has 0 bridgehead atoms. The maximum atomic E-state index is 12.8. The van der Waals surface area contributed by atoms with E-state index in [4.69, 9.17) is 20.9 Å². The van der Waals surface area contributed by atoms with Crippen LogP contribution in [-0.2, 0) is 14.3 Å². The number of ketones is 1. The number of rotatable bonds is 8. The molecule has 0 heterocycles. The van der Waals surface area contributed by atoms with E-state index in [1.807, 2.05) is 0 Å². The average Bonchev–Trinajstić information content (AvgIpc) is 2.85. The van der Waals surface area contributed by atoms with Crippen molar-refractivity contribution in [2.75, 3.05) is 25.7 Å². The Morgan fingerprint density at radius 3 is 1.13 bits per heavy atom. The number of benzene rings is 2. The van der Waals surface area contributed by atoms with Gasteiger partial charge in [0.15, 0.2) is 11.5 Å². The quantitative estimate of drug-likeness (QED) is 0.350. The summed E-state index contributed by atoms with van der Waals surface area (Å²) in [6.45, 7) is 17.3. The van der Waals surface area contributed by atoms with Crippen LogP contribution in [0, 0.1) is 0 Å². The number of hydrogen-bond donors (Lipinski definition) is 2. The molecule has 3 rings (SSSR count). The van der Waals surface area contributed by atoms with Crippen LogP contribution in [-0.4, -0.2) is 20.0 Å². The lowest BCUT2D eigenvalue weighted by molar-refractivity contribution is -0.117. The second-order valence-electron chi connectivity index (χ2n) is 11.3. The highest BCUT2D eigenvalue weighted by atomic mass is 16.5. The molecule has 0 aliphatic heterocycles. The number of hydrogen-bond acceptors (Lipinski definition) is 5. The number of carbonyl (C=O) groups excluding carboxylic acids is 1. The van der Waals surface area contributed by atoms with E-state index < -0.39 is 0 Å². The summed E-state index contributed by atoms with van der Waals surface area (Å²) < 4.78 is 11.0. The SMILES string of the molecule is COC1=CC(=C(c2cc(C(C)C)c(N)c(C(C)C)c2)c2cc(C(C)C)c(N)c(C(C)C)c2)C=C(OC)C1=O. The molecule has 0 saturated heterocycles. The fourth-order valence-electron chi connectivity index (χ4n) is 5.12. The van der Waals surface area contributed by atoms with Gasteiger partial charge in [0.05, 0.1) is 14.2 Å². The van der Waals surface area contributed by atoms with Crippen molar-refractivity contribution in [2.24, 2.45) is 0 Å². The van der Waals surface area contributed by atoms with Gasteiger partial charge in [0.25, 0.3) is 5.78 Å². The summed E-state index contributed by atoms with van der Waals surface area (Å²) in [5.41, 5.74) is 23.3. The van der Waals surface area contributed by atoms with Crippen molar-refractivity contribution in [1.82, 2.24) is 0 Å². The molecule has 0 amide bonds. The third-order valence-electron chi connectivity index (χ3n) is 7.30. The van der Waals surface area contributed by atoms with Crippen LogP contribution >= 0.6 is 0 Å². The van der Waals surface area contributed by atoms with Crippen molar-refractivity contribution in [3.8, 4) is 0 Å². The van der Waals surface area contributed by atoms with Crippen molar-refractivity contribution in [3.63, 3.8) is 0 Å². The molecule has 2 aromatic carbocycles. The first-order chi connectivity index (χ1) is 17.8. The van der Waals surface area contributed by atoms with Gasteiger partial charge in [0.1, 0.15) is 0 Å². The van der Waals surface area contributed by atoms with Gasteiger partial charge in [0, 0.05) is 11.4 Å². The number of anilines is 2. The van der Waals surface area contributed by atoms with Crippen LogP contribution in [0.25, 0.3) is 5.57 Å². The molecule has 0 saturated carbocycles. The zero-order valence-corrected chi connectivity index (χ0v) is 24.7. The fourth-order valence-corrected chi connectivity index (χ4v) is 5.12. The van der Waals surface area contributed by atoms with Crippen LogP contribution in [0.1, 0.15) is 112 Å². The third kappa shape index (κ3) is 5.52. The van der Waals surface area contributed by atoms with E-state index in [1.54, 1.807) is 12.2 Å². The minimum Gasteiger partial charge on any atom is -0.492 e. The molecule has 0 radical (unpaired) electrons. The lowest BCUT2D eigenvalue weighted by atomic mass is 9.82. The second kappa shape index (κ2) is 11.5. The van der Waals surface area contributed by atoms with Crippen LogP contribution in [0.3, 0.4) is 0 Å². The zero-order chi connectivity index (χ0) is 28.5. The Labute approximate surface area is 228 Å². The Morgan fingerprint density at radius 2 is 0.895 bits per heavy atom. The Hall–Kier alpha value is -3.47. The van der Waals surface area contributed by atoms with E-state index in [-0.39, 0.29) is 41.0 Å². The lowest BCUT2D eigenvalue weighted by Crippen LogP contribution is -2.15. The van der Waals surface area contributed by atoms with E-state index in [0.29, 0.717) is 0 Å². The Balaban J connectivity index is 2.56. The van der Waals surface area contributed by atoms with Crippen molar-refractivity contribution >= 4 is 22.7 Å². The number of allylic oxidation sites excluding steroid dienone is 3. The number of methoxy groups -OCH3 is 2. The minimum absolute atomic E-state index is 0.240. The molecule has 204 valence electrons. The van der Waals surface area contributed by atoms with Crippen LogP contribution in [0.15, 0.2) is 53.5 Å². The highest BCUT2D eigenvalue weighted by Gasteiger charge is 2.26. The average molecular weight is 517 g/mol. The molecule has 2 aromatic rings. The minimum atomic E-state index is -0.274. The van der Waals surface area contributed by atoms with Gasteiger partial charge < -0.3 is 20.9 Å². The maximum absolute atomic E-state index is 12.8. The summed E-state index contributed by atoms with van der Waals surface area (Å²) in [4.78, 5) is 12.8. The summed E-state index contributed by atoms with van der Waals surface area (Å²) in [5, 5.41) is 0. The van der Waals surface area contributed by atoms with E-state index in [2.05, 4.69) is 79.7 Å². The predicted molar refractivity (Wildman–Crippen MR) is 159 cm³/mol. The topological polar surface area (TPSA) is 87.6 Å². The van der Waals surface area contributed by atoms with Gasteiger partial charge in [-0.1, -0.05) is 55.4 Å². The van der Waals surface area contributed by atoms with Gasteiger partial charge in [-0.3, -0.25) is 4.79 Å². The van der Waals surface area contributed by atoms with Crippen LogP contribution in [0.5, 0.6) is 0 Å². The number of nitrogens with two attached hydrogens (primary N) is 2. The molecule has 0 aromatic heterocycles. The van der Waals surface area contributed by atoms with Gasteiger partial charge in [-0.05, 0) is 105 Å². The van der Waals surface area contributed by atoms with Gasteiger partial charge >= 0.3 is 0 Å². The summed E-state index contributed by atoms with van der Waals surface area (Å²) in [6.07, 6.45) is 3.61. The number of nitrogen functional groups attached to an aromatic ring is 2. The third-order valence-corrected chi connectivity index (χ3v) is 7.30. The Kier molecular flexibility index (Phi) is 8.81. The molecule has 5 heteroatoms. The highest BCUT2D eigenvalue weighted by Crippen LogP contribution is 2.41. The molecule has 5 nitrogen and oxygen atoms in total. The van der Waals surface area contributed by atoms with Crippen LogP contribution in [0.4, 0.5) is 11.4 Å². The second-order valence-corrected chi connectivity index (χ2v) is 11.3. The summed E-state index contributed by atoms with van der Waals surface area (Å²) in [7, 11) is 3.01. The smallest absolute Gasteiger partial charge is 0.261 e. The van der Waals surface area contributed by atoms with Crippen LogP contribution < -0.4 is 11.5 Å². The van der Waals surface area contributed by atoms with E-state index in [9.17, 15) is 4.79 Å². The highest BCUT2D eigenvalue weighted by molar-refractivity contribution is 6.08. The van der Waals surface area contributed by atoms with Gasteiger partial charge in [-0.15, -0.1) is 0 Å². The monoisotopic (exact) mass is 516 g/mol. The molecular weight excluding hydrogens is 472 g/mol. The first-order valence-electron chi connectivity index (χ1n) is 13.5. The summed E-state index contributed by atoms with van der Waals surface area (Å²) in [6, 6.07) is 8.74. The normalized spacial score (nSPS) is 13.9. The van der Waals surface area contributed by atoms with Gasteiger partial charge in [0.2, 0.25) is 0 Å². The standard InChI is InChI=1S/C33H44N2O3/c1-17(2)24-11-21(12-25(18(3)4)31(24)34)30(23-15-28(37-9)33(36)29(16-23)38-10)22-13-26(19(5)6)32(35)27(14-22)20(7)8/h11-20H,34-35H2,1-10H3.